The highest BCUT2D eigenvalue weighted by Gasteiger charge is 2.10. The van der Waals surface area contributed by atoms with E-state index in [4.69, 9.17) is 25.8 Å². The number of halogens is 1. The van der Waals surface area contributed by atoms with Crippen molar-refractivity contribution in [2.75, 3.05) is 26.9 Å². The molecule has 0 saturated carbocycles. The fraction of sp³-hybridized carbons (Fsp3) is 0.250. The molecule has 0 fully saturated rings. The van der Waals surface area contributed by atoms with Crippen molar-refractivity contribution >= 4 is 22.6 Å². The summed E-state index contributed by atoms with van der Waals surface area (Å²) in [6, 6.07) is 11.9. The topological polar surface area (TPSA) is 45.5 Å². The van der Waals surface area contributed by atoms with Crippen LogP contribution in [0.1, 0.15) is 5.56 Å². The van der Waals surface area contributed by atoms with Crippen LogP contribution in [-0.2, 0) is 11.3 Å². The van der Waals surface area contributed by atoms with Gasteiger partial charge in [0.2, 0.25) is 0 Å². The van der Waals surface area contributed by atoms with Crippen LogP contribution in [0, 0.1) is 0 Å². The Morgan fingerprint density at radius 3 is 2.73 bits per heavy atom. The molecule has 0 aliphatic heterocycles. The quantitative estimate of drug-likeness (QED) is 0.318. The van der Waals surface area contributed by atoms with Crippen LogP contribution in [0.25, 0.3) is 11.0 Å². The number of pyridine rings is 1. The smallest absolute Gasteiger partial charge is 0.171 e. The second-order valence-electron chi connectivity index (χ2n) is 5.69. The van der Waals surface area contributed by atoms with Crippen molar-refractivity contribution in [3.8, 4) is 11.5 Å². The van der Waals surface area contributed by atoms with Crippen LogP contribution in [0.5, 0.6) is 11.5 Å². The predicted molar refractivity (Wildman–Crippen MR) is 103 cm³/mol. The summed E-state index contributed by atoms with van der Waals surface area (Å²) in [7, 11) is 1.66. The Balaban J connectivity index is 1.76. The lowest BCUT2D eigenvalue weighted by atomic mass is 10.2. The van der Waals surface area contributed by atoms with Crippen molar-refractivity contribution in [3.05, 3.63) is 66.0 Å². The number of nitrogens with zero attached hydrogens (tertiary/aromatic N) is 2. The van der Waals surface area contributed by atoms with E-state index in [2.05, 4.69) is 16.1 Å². The van der Waals surface area contributed by atoms with E-state index < -0.39 is 0 Å². The Morgan fingerprint density at radius 1 is 1.19 bits per heavy atom. The molecule has 2 heterocycles. The van der Waals surface area contributed by atoms with Gasteiger partial charge in [-0.2, -0.15) is 0 Å². The Bertz CT molecular complexity index is 875. The minimum atomic E-state index is 0.350. The number of aromatic nitrogens is 2. The molecule has 0 atom stereocenters. The number of rotatable bonds is 9. The third kappa shape index (κ3) is 4.36. The molecule has 0 unspecified atom stereocenters. The van der Waals surface area contributed by atoms with Gasteiger partial charge in [-0.25, -0.2) is 4.98 Å². The van der Waals surface area contributed by atoms with Crippen molar-refractivity contribution in [3.63, 3.8) is 0 Å². The summed E-state index contributed by atoms with van der Waals surface area (Å²) in [4.78, 5) is 4.42. The molecule has 2 aromatic heterocycles. The van der Waals surface area contributed by atoms with Gasteiger partial charge >= 0.3 is 0 Å². The molecule has 0 bridgehead atoms. The van der Waals surface area contributed by atoms with Crippen LogP contribution >= 0.6 is 11.6 Å². The van der Waals surface area contributed by atoms with E-state index >= 15 is 0 Å². The maximum Gasteiger partial charge on any atom is 0.171 e. The molecule has 0 amide bonds. The van der Waals surface area contributed by atoms with Gasteiger partial charge in [0.05, 0.1) is 31.4 Å². The molecule has 5 nitrogen and oxygen atoms in total. The molecule has 3 rings (SSSR count). The van der Waals surface area contributed by atoms with Crippen LogP contribution in [0.3, 0.4) is 0 Å². The monoisotopic (exact) mass is 372 g/mol. The highest BCUT2D eigenvalue weighted by Crippen LogP contribution is 2.28. The molecule has 0 N–H and O–H groups in total. The molecule has 0 radical (unpaired) electrons. The van der Waals surface area contributed by atoms with Gasteiger partial charge in [-0.1, -0.05) is 29.8 Å². The van der Waals surface area contributed by atoms with Crippen molar-refractivity contribution in [1.82, 2.24) is 9.55 Å². The van der Waals surface area contributed by atoms with E-state index in [1.165, 1.54) is 5.56 Å². The molecule has 3 aromatic rings. The molecular weight excluding hydrogens is 352 g/mol. The largest absolute Gasteiger partial charge is 0.497 e. The molecule has 0 aliphatic rings. The Hall–Kier alpha value is -2.50. The van der Waals surface area contributed by atoms with Crippen molar-refractivity contribution in [1.29, 1.82) is 0 Å². The Kier molecular flexibility index (Phi) is 6.15. The van der Waals surface area contributed by atoms with Crippen LogP contribution in [0.4, 0.5) is 0 Å². The second-order valence-corrected chi connectivity index (χ2v) is 6.04. The zero-order chi connectivity index (χ0) is 18.4. The maximum atomic E-state index is 6.23. The first-order valence-electron chi connectivity index (χ1n) is 8.31. The lowest BCUT2D eigenvalue weighted by Crippen LogP contribution is -2.07. The van der Waals surface area contributed by atoms with Gasteiger partial charge in [-0.05, 0) is 23.8 Å². The number of fused-ring (bicyclic) bond motifs is 1. The lowest BCUT2D eigenvalue weighted by molar-refractivity contribution is 0.121. The van der Waals surface area contributed by atoms with Crippen LogP contribution < -0.4 is 9.47 Å². The first-order valence-corrected chi connectivity index (χ1v) is 8.69. The average molecular weight is 373 g/mol. The summed E-state index contributed by atoms with van der Waals surface area (Å²) in [6.45, 7) is 5.69. The number of hydrogen-bond donors (Lipinski definition) is 0. The minimum Gasteiger partial charge on any atom is -0.497 e. The van der Waals surface area contributed by atoms with Gasteiger partial charge in [0, 0.05) is 18.8 Å². The SMILES string of the molecule is C=CCOCCOc1cc2c(ccn2Cc2ccc(OC)cc2)nc1Cl. The second kappa shape index (κ2) is 8.74. The fourth-order valence-corrected chi connectivity index (χ4v) is 2.81. The van der Waals surface area contributed by atoms with Gasteiger partial charge in [0.25, 0.3) is 0 Å². The van der Waals surface area contributed by atoms with Gasteiger partial charge in [0.15, 0.2) is 10.9 Å². The number of ether oxygens (including phenoxy) is 3. The molecule has 1 aromatic carbocycles. The van der Waals surface area contributed by atoms with Gasteiger partial charge < -0.3 is 18.8 Å². The summed E-state index contributed by atoms with van der Waals surface area (Å²) in [5.74, 6) is 1.39. The average Bonchev–Trinajstić information content (AvgIpc) is 3.03. The maximum absolute atomic E-state index is 6.23. The van der Waals surface area contributed by atoms with Crippen LogP contribution in [0.2, 0.25) is 5.15 Å². The predicted octanol–water partition coefficient (Wildman–Crippen LogP) is 4.33. The first kappa shape index (κ1) is 18.3. The molecule has 26 heavy (non-hydrogen) atoms. The van der Waals surface area contributed by atoms with E-state index in [1.807, 2.05) is 42.6 Å². The Labute approximate surface area is 157 Å². The van der Waals surface area contributed by atoms with E-state index in [0.717, 1.165) is 23.3 Å². The van der Waals surface area contributed by atoms with E-state index in [9.17, 15) is 0 Å². The normalized spacial score (nSPS) is 10.8. The summed E-state index contributed by atoms with van der Waals surface area (Å²) in [5.41, 5.74) is 2.96. The summed E-state index contributed by atoms with van der Waals surface area (Å²) in [6.07, 6.45) is 3.70. The van der Waals surface area contributed by atoms with Crippen molar-refractivity contribution < 1.29 is 14.2 Å². The third-order valence-electron chi connectivity index (χ3n) is 3.91. The van der Waals surface area contributed by atoms with Crippen molar-refractivity contribution in [2.24, 2.45) is 0 Å². The molecule has 0 aliphatic carbocycles. The first-order chi connectivity index (χ1) is 12.7. The van der Waals surface area contributed by atoms with Gasteiger partial charge in [-0.3, -0.25) is 0 Å². The minimum absolute atomic E-state index is 0.350. The molecule has 0 saturated heterocycles. The van der Waals surface area contributed by atoms with Crippen molar-refractivity contribution in [2.45, 2.75) is 6.54 Å². The van der Waals surface area contributed by atoms with Gasteiger partial charge in [0.1, 0.15) is 12.4 Å². The van der Waals surface area contributed by atoms with E-state index in [-0.39, 0.29) is 0 Å². The number of benzene rings is 1. The van der Waals surface area contributed by atoms with E-state index in [1.54, 1.807) is 13.2 Å². The van der Waals surface area contributed by atoms with Crippen LogP contribution in [-0.4, -0.2) is 36.5 Å². The summed E-state index contributed by atoms with van der Waals surface area (Å²) >= 11 is 6.23. The zero-order valence-electron chi connectivity index (χ0n) is 14.7. The zero-order valence-corrected chi connectivity index (χ0v) is 15.4. The molecule has 136 valence electrons. The third-order valence-corrected chi connectivity index (χ3v) is 4.18. The summed E-state index contributed by atoms with van der Waals surface area (Å²) < 4.78 is 18.3. The summed E-state index contributed by atoms with van der Waals surface area (Å²) in [5, 5.41) is 0.350. The molecule has 6 heteroatoms. The van der Waals surface area contributed by atoms with E-state index in [0.29, 0.717) is 30.7 Å². The van der Waals surface area contributed by atoms with Gasteiger partial charge in [-0.15, -0.1) is 6.58 Å². The molecular formula is C20H21ClN2O3. The number of hydrogen-bond acceptors (Lipinski definition) is 4. The highest BCUT2D eigenvalue weighted by molar-refractivity contribution is 6.31. The Morgan fingerprint density at radius 2 is 2.00 bits per heavy atom. The fourth-order valence-electron chi connectivity index (χ4n) is 2.61. The number of methoxy groups -OCH3 is 1. The lowest BCUT2D eigenvalue weighted by Gasteiger charge is -2.10. The molecule has 0 spiro atoms. The highest BCUT2D eigenvalue weighted by atomic mass is 35.5. The van der Waals surface area contributed by atoms with Crippen LogP contribution in [0.15, 0.2) is 55.3 Å². The standard InChI is InChI=1S/C20H21ClN2O3/c1-3-10-25-11-12-26-19-13-18-17(22-20(19)21)8-9-23(18)14-15-4-6-16(24-2)7-5-15/h3-9,13H,1,10-12,14H2,2H3.